The quantitative estimate of drug-likeness (QED) is 0.863. The van der Waals surface area contributed by atoms with Crippen LogP contribution in [0.4, 0.5) is 0 Å². The molecule has 3 rings (SSSR count). The molecule has 2 aromatic rings. The molecule has 1 aliphatic heterocycles. The third-order valence-corrected chi connectivity index (χ3v) is 4.33. The summed E-state index contributed by atoms with van der Waals surface area (Å²) in [4.78, 5) is 14.2. The molecule has 0 radical (unpaired) electrons. The van der Waals surface area contributed by atoms with E-state index in [9.17, 15) is 9.90 Å². The third kappa shape index (κ3) is 2.74. The molecular formula is C17H21NO4. The van der Waals surface area contributed by atoms with E-state index in [2.05, 4.69) is 18.7 Å². The lowest BCUT2D eigenvalue weighted by atomic mass is 10.0. The Balaban J connectivity index is 2.03. The van der Waals surface area contributed by atoms with Crippen molar-refractivity contribution in [1.82, 2.24) is 4.90 Å². The average Bonchev–Trinajstić information content (AvgIpc) is 2.47. The zero-order valence-corrected chi connectivity index (χ0v) is 13.1. The van der Waals surface area contributed by atoms with E-state index in [-0.39, 0.29) is 17.5 Å². The number of aromatic hydroxyl groups is 1. The minimum Gasteiger partial charge on any atom is -0.508 e. The number of aryl methyl sites for hydroxylation is 1. The summed E-state index contributed by atoms with van der Waals surface area (Å²) in [7, 11) is 0. The smallest absolute Gasteiger partial charge is 0.336 e. The van der Waals surface area contributed by atoms with E-state index in [1.807, 2.05) is 6.07 Å². The maximum atomic E-state index is 11.9. The van der Waals surface area contributed by atoms with E-state index in [1.54, 1.807) is 19.1 Å². The highest BCUT2D eigenvalue weighted by Gasteiger charge is 2.24. The van der Waals surface area contributed by atoms with E-state index >= 15 is 0 Å². The van der Waals surface area contributed by atoms with Gasteiger partial charge in [0, 0.05) is 36.1 Å². The van der Waals surface area contributed by atoms with Crippen LogP contribution in [0, 0.1) is 6.92 Å². The Morgan fingerprint density at radius 2 is 2.14 bits per heavy atom. The molecule has 0 saturated carbocycles. The number of ether oxygens (including phenoxy) is 1. The molecule has 1 fully saturated rings. The Hall–Kier alpha value is -1.85. The van der Waals surface area contributed by atoms with Gasteiger partial charge in [0.2, 0.25) is 0 Å². The first-order chi connectivity index (χ1) is 10.5. The minimum atomic E-state index is -0.384. The molecule has 1 saturated heterocycles. The Kier molecular flexibility index (Phi) is 3.93. The monoisotopic (exact) mass is 303 g/mol. The highest BCUT2D eigenvalue weighted by Crippen LogP contribution is 2.28. The van der Waals surface area contributed by atoms with Gasteiger partial charge in [0.15, 0.2) is 0 Å². The van der Waals surface area contributed by atoms with Gasteiger partial charge in [0.05, 0.1) is 12.7 Å². The van der Waals surface area contributed by atoms with E-state index in [0.29, 0.717) is 30.3 Å². The Labute approximate surface area is 129 Å². The van der Waals surface area contributed by atoms with Gasteiger partial charge in [-0.2, -0.15) is 0 Å². The van der Waals surface area contributed by atoms with Gasteiger partial charge in [-0.1, -0.05) is 0 Å². The van der Waals surface area contributed by atoms with Crippen LogP contribution in [0.2, 0.25) is 0 Å². The summed E-state index contributed by atoms with van der Waals surface area (Å²) in [5, 5.41) is 10.7. The van der Waals surface area contributed by atoms with E-state index in [1.165, 1.54) is 0 Å². The molecule has 0 bridgehead atoms. The lowest BCUT2D eigenvalue weighted by molar-refractivity contribution is -0.0525. The molecule has 1 aromatic carbocycles. The second-order valence-corrected chi connectivity index (χ2v) is 6.10. The Bertz CT molecular complexity index is 752. The van der Waals surface area contributed by atoms with Crippen LogP contribution in [0.3, 0.4) is 0 Å². The predicted octanol–water partition coefficient (Wildman–Crippen LogP) is 2.42. The van der Waals surface area contributed by atoms with Gasteiger partial charge in [-0.05, 0) is 38.5 Å². The summed E-state index contributed by atoms with van der Waals surface area (Å²) < 4.78 is 10.9. The largest absolute Gasteiger partial charge is 0.508 e. The lowest BCUT2D eigenvalue weighted by Crippen LogP contribution is -2.46. The number of phenolic OH excluding ortho intramolecular Hbond substituents is 1. The first-order valence-electron chi connectivity index (χ1n) is 7.56. The molecule has 0 amide bonds. The second kappa shape index (κ2) is 5.74. The molecule has 2 atom stereocenters. The van der Waals surface area contributed by atoms with Crippen LogP contribution < -0.4 is 5.63 Å². The molecule has 1 N–H and O–H groups in total. The van der Waals surface area contributed by atoms with Crippen molar-refractivity contribution in [2.24, 2.45) is 0 Å². The molecule has 5 nitrogen and oxygen atoms in total. The standard InChI is InChI=1S/C17H21NO4/c1-10-9-21-11(2)7-18(10)8-13-6-16(20)22-17-12(3)15(19)5-4-14(13)17/h4-6,10-11,19H,7-9H2,1-3H3/t10-,11-/m0/s1. The van der Waals surface area contributed by atoms with Crippen molar-refractivity contribution in [2.45, 2.75) is 39.5 Å². The molecule has 0 spiro atoms. The zero-order valence-electron chi connectivity index (χ0n) is 13.1. The Morgan fingerprint density at radius 1 is 1.36 bits per heavy atom. The number of morpholine rings is 1. The van der Waals surface area contributed by atoms with Crippen molar-refractivity contribution < 1.29 is 14.3 Å². The fourth-order valence-electron chi connectivity index (χ4n) is 2.96. The van der Waals surface area contributed by atoms with Crippen LogP contribution in [0.15, 0.2) is 27.4 Å². The molecule has 0 unspecified atom stereocenters. The van der Waals surface area contributed by atoms with Gasteiger partial charge < -0.3 is 14.3 Å². The van der Waals surface area contributed by atoms with Crippen molar-refractivity contribution in [3.8, 4) is 5.75 Å². The van der Waals surface area contributed by atoms with Crippen LogP contribution in [0.5, 0.6) is 5.75 Å². The molecular weight excluding hydrogens is 282 g/mol. The summed E-state index contributed by atoms with van der Waals surface area (Å²) in [6.45, 7) is 8.13. The van der Waals surface area contributed by atoms with Gasteiger partial charge >= 0.3 is 5.63 Å². The van der Waals surface area contributed by atoms with E-state index in [4.69, 9.17) is 9.15 Å². The van der Waals surface area contributed by atoms with Gasteiger partial charge in [-0.25, -0.2) is 4.79 Å². The normalized spacial score (nSPS) is 23.0. The van der Waals surface area contributed by atoms with Gasteiger partial charge in [0.1, 0.15) is 11.3 Å². The van der Waals surface area contributed by atoms with Crippen molar-refractivity contribution in [1.29, 1.82) is 0 Å². The SMILES string of the molecule is Cc1c(O)ccc2c(CN3C[C@H](C)OC[C@@H]3C)cc(=O)oc12. The number of phenols is 1. The molecule has 5 heteroatoms. The van der Waals surface area contributed by atoms with Crippen molar-refractivity contribution >= 4 is 11.0 Å². The zero-order chi connectivity index (χ0) is 15.9. The summed E-state index contributed by atoms with van der Waals surface area (Å²) in [5.74, 6) is 0.140. The molecule has 0 aliphatic carbocycles. The van der Waals surface area contributed by atoms with Crippen LogP contribution in [0.25, 0.3) is 11.0 Å². The van der Waals surface area contributed by atoms with Crippen LogP contribution in [-0.2, 0) is 11.3 Å². The molecule has 1 aliphatic rings. The summed E-state index contributed by atoms with van der Waals surface area (Å²) in [5.41, 5.74) is 1.61. The van der Waals surface area contributed by atoms with Crippen LogP contribution in [-0.4, -0.2) is 35.3 Å². The summed E-state index contributed by atoms with van der Waals surface area (Å²) in [6, 6.07) is 5.31. The van der Waals surface area contributed by atoms with Crippen LogP contribution >= 0.6 is 0 Å². The summed E-state index contributed by atoms with van der Waals surface area (Å²) in [6.07, 6.45) is 0.188. The van der Waals surface area contributed by atoms with Crippen LogP contribution in [0.1, 0.15) is 25.0 Å². The topological polar surface area (TPSA) is 62.9 Å². The number of benzene rings is 1. The van der Waals surface area contributed by atoms with E-state index < -0.39 is 0 Å². The molecule has 1 aromatic heterocycles. The van der Waals surface area contributed by atoms with Crippen molar-refractivity contribution in [2.75, 3.05) is 13.2 Å². The molecule has 22 heavy (non-hydrogen) atoms. The molecule has 2 heterocycles. The molecule has 118 valence electrons. The Morgan fingerprint density at radius 3 is 2.91 bits per heavy atom. The first-order valence-corrected chi connectivity index (χ1v) is 7.56. The average molecular weight is 303 g/mol. The lowest BCUT2D eigenvalue weighted by Gasteiger charge is -2.36. The predicted molar refractivity (Wildman–Crippen MR) is 84.2 cm³/mol. The van der Waals surface area contributed by atoms with Crippen molar-refractivity contribution in [3.63, 3.8) is 0 Å². The number of hydrogen-bond acceptors (Lipinski definition) is 5. The first kappa shape index (κ1) is 15.1. The number of nitrogens with zero attached hydrogens (tertiary/aromatic N) is 1. The number of fused-ring (bicyclic) bond motifs is 1. The fraction of sp³-hybridized carbons (Fsp3) is 0.471. The minimum absolute atomic E-state index is 0.140. The summed E-state index contributed by atoms with van der Waals surface area (Å²) >= 11 is 0. The van der Waals surface area contributed by atoms with Gasteiger partial charge in [0.25, 0.3) is 0 Å². The fourth-order valence-corrected chi connectivity index (χ4v) is 2.96. The van der Waals surface area contributed by atoms with E-state index in [0.717, 1.165) is 17.5 Å². The second-order valence-electron chi connectivity index (χ2n) is 6.10. The van der Waals surface area contributed by atoms with Crippen molar-refractivity contribution in [3.05, 3.63) is 39.7 Å². The highest BCUT2D eigenvalue weighted by molar-refractivity contribution is 5.84. The van der Waals surface area contributed by atoms with Gasteiger partial charge in [-0.15, -0.1) is 0 Å². The number of rotatable bonds is 2. The number of hydrogen-bond donors (Lipinski definition) is 1. The van der Waals surface area contributed by atoms with Gasteiger partial charge in [-0.3, -0.25) is 4.90 Å². The highest BCUT2D eigenvalue weighted by atomic mass is 16.5. The third-order valence-electron chi connectivity index (χ3n) is 4.33. The maximum Gasteiger partial charge on any atom is 0.336 e. The maximum absolute atomic E-state index is 11.9.